The van der Waals surface area contributed by atoms with Crippen LogP contribution < -0.4 is 0 Å². The van der Waals surface area contributed by atoms with Crippen LogP contribution in [0.5, 0.6) is 0 Å². The van der Waals surface area contributed by atoms with Crippen molar-refractivity contribution in [3.05, 3.63) is 51.1 Å². The molecule has 22 aliphatic heterocycles. The number of hydrogen-bond acceptors (Lipinski definition) is 39. The molecular weight excluding hydrogens is 1660 g/mol. The summed E-state index contributed by atoms with van der Waals surface area (Å²) >= 11 is -3.20. The maximum absolute atomic E-state index is 13.2. The Labute approximate surface area is 684 Å². The van der Waals surface area contributed by atoms with Gasteiger partial charge in [0.25, 0.3) is 0 Å². The average molecular weight is 1790 g/mol. The van der Waals surface area contributed by atoms with Crippen LogP contribution in [0, 0.1) is 3.57 Å². The van der Waals surface area contributed by atoms with Gasteiger partial charge in [-0.2, -0.15) is 0 Å². The number of ether oxygens (including phenoxy) is 35. The van der Waals surface area contributed by atoms with E-state index in [1.54, 1.807) is 30.7 Å². The second-order valence-electron chi connectivity index (χ2n) is 28.8. The van der Waals surface area contributed by atoms with Gasteiger partial charge in [0.1, 0.15) is 110 Å². The Hall–Kier alpha value is -2.81. The molecule has 41 heteroatoms. The first kappa shape index (κ1) is 93.9. The molecule has 24 rings (SSSR count). The molecular formula is C75H121IN2O38. The van der Waals surface area contributed by atoms with Gasteiger partial charge in [-0.15, -0.1) is 0 Å². The molecule has 1 aromatic carbocycles. The molecule has 0 saturated carbocycles. The van der Waals surface area contributed by atoms with E-state index in [2.05, 4.69) is 9.97 Å². The smallest absolute Gasteiger partial charge is 0.376 e. The van der Waals surface area contributed by atoms with Crippen LogP contribution in [0.1, 0.15) is 28.0 Å². The molecule has 22 aliphatic rings. The number of aromatic nitrogens is 2. The molecule has 116 heavy (non-hydrogen) atoms. The van der Waals surface area contributed by atoms with Crippen LogP contribution in [0.3, 0.4) is 0 Å². The van der Waals surface area contributed by atoms with Crippen molar-refractivity contribution >= 4 is 26.6 Å². The van der Waals surface area contributed by atoms with Crippen molar-refractivity contribution in [1.82, 2.24) is 9.97 Å². The summed E-state index contributed by atoms with van der Waals surface area (Å²) in [6.07, 6.45) is -34.8. The molecule has 14 bridgehead atoms. The van der Waals surface area contributed by atoms with Gasteiger partial charge in [0.2, 0.25) is 0 Å². The second kappa shape index (κ2) is 45.7. The molecule has 21 fully saturated rings. The Bertz CT molecular complexity index is 3170. The van der Waals surface area contributed by atoms with Gasteiger partial charge in [-0.1, -0.05) is 0 Å². The number of halogens is 1. The molecule has 2 N–H and O–H groups in total. The Kier molecular flexibility index (Phi) is 37.0. The summed E-state index contributed by atoms with van der Waals surface area (Å²) in [5.41, 5.74) is 1.61. The number of H-pyrrole nitrogens is 1. The molecule has 0 spiro atoms. The van der Waals surface area contributed by atoms with Crippen LogP contribution >= 0.6 is 20.6 Å². The third-order valence-electron chi connectivity index (χ3n) is 22.2. The standard InChI is InChI=1S/C75H121IN2O38/c1-81-28-40-47-54(88-8)61(94-14)69(102-40)110-48-41(29-82-2)104-71(63(96-16)55(48)89-9)112-50-43(31-84-4)106-73(65(98-18)57(50)91-11)114-52-45(33-86-6)108-75(67(59(52)93-13)100-24-20-21-37-26-77-35-78-37)115-53-46(34-87-7)107-74(66(99-19)60(53)101-27-36-22-23-39-38(25-36)68(79)116-76(39)80)113-51-44(32-85-5)105-72(64(97-17)58(51)92-12)111-49-42(30-83-3)103-70(109-47)62(95-15)56(49)90-10/h22-23,25-26,35,40-67,69-75,80H,20-21,24,27-34H2,1-19H3,(H,77,78). The average Bonchev–Trinajstić information content (AvgIpc) is 0.979. The first-order chi connectivity index (χ1) is 56.5. The number of nitrogens with zero attached hydrogens (tertiary/aromatic N) is 1. The van der Waals surface area contributed by atoms with Gasteiger partial charge in [-0.05, 0) is 12.8 Å². The fraction of sp³-hybridized carbons (Fsp3) is 0.867. The van der Waals surface area contributed by atoms with Crippen molar-refractivity contribution in [2.75, 3.05) is 188 Å². The van der Waals surface area contributed by atoms with E-state index in [0.717, 1.165) is 5.69 Å². The molecule has 35 atom stereocenters. The van der Waals surface area contributed by atoms with Gasteiger partial charge in [0.05, 0.1) is 46.0 Å². The number of nitrogens with one attached hydrogen (secondary N) is 1. The SMILES string of the molecule is COCC1OC2OC3C(COC)OC(OC4C(COC)OC(OC5C(COC)OC(OC6C(COC)OC(OC7C(COC)OC(OC8C(COC)OC(OC1C(OC)C2OC)C(OC)C8OC)C(OC)C7OC)C(OC)C6OCc1ccc2c(c1)C(=O)OI2O)C(OCCCc1cnc[nH]1)C5OC)C(OC)C4OC)C(OC)C3OC. The molecule has 21 saturated heterocycles. The van der Waals surface area contributed by atoms with E-state index < -0.39 is 242 Å². The summed E-state index contributed by atoms with van der Waals surface area (Å²) in [7, 11) is 28.5. The summed E-state index contributed by atoms with van der Waals surface area (Å²) in [6, 6.07) is 5.01. The van der Waals surface area contributed by atoms with Gasteiger partial charge >= 0.3 is 210 Å². The molecule has 0 radical (unpaired) electrons. The quantitative estimate of drug-likeness (QED) is 0.0710. The number of carbonyl (C=O) groups is 1. The zero-order valence-electron chi connectivity index (χ0n) is 69.2. The Balaban J connectivity index is 1.03. The third kappa shape index (κ3) is 20.9. The molecule has 1 aromatic heterocycles. The summed E-state index contributed by atoms with van der Waals surface area (Å²) in [4.78, 5) is 20.6. The van der Waals surface area contributed by atoms with Gasteiger partial charge in [-0.3, -0.25) is 0 Å². The minimum absolute atomic E-state index is 0.0651. The summed E-state index contributed by atoms with van der Waals surface area (Å²) in [6.45, 7) is -0.749. The van der Waals surface area contributed by atoms with Crippen molar-refractivity contribution in [3.63, 3.8) is 0 Å². The maximum atomic E-state index is 13.2. The van der Waals surface area contributed by atoms with Crippen LogP contribution in [0.25, 0.3) is 0 Å². The third-order valence-corrected chi connectivity index (χ3v) is 25.0. The fourth-order valence-electron chi connectivity index (χ4n) is 16.9. The molecule has 23 heterocycles. The number of fused-ring (bicyclic) bond motifs is 1. The van der Waals surface area contributed by atoms with Crippen molar-refractivity contribution in [2.24, 2.45) is 0 Å². The van der Waals surface area contributed by atoms with Crippen LogP contribution in [0.2, 0.25) is 0 Å². The van der Waals surface area contributed by atoms with Crippen LogP contribution in [0.4, 0.5) is 0 Å². The number of aryl methyl sites for hydroxylation is 1. The second-order valence-corrected chi connectivity index (χ2v) is 31.7. The van der Waals surface area contributed by atoms with E-state index in [0.29, 0.717) is 22.0 Å². The predicted octanol–water partition coefficient (Wildman–Crippen LogP) is 0.471. The van der Waals surface area contributed by atoms with Crippen molar-refractivity contribution < 1.29 is 177 Å². The minimum Gasteiger partial charge on any atom is -0.376 e. The predicted molar refractivity (Wildman–Crippen MR) is 399 cm³/mol. The van der Waals surface area contributed by atoms with Crippen molar-refractivity contribution in [1.29, 1.82) is 0 Å². The van der Waals surface area contributed by atoms with Crippen molar-refractivity contribution in [3.8, 4) is 0 Å². The number of methoxy groups -OCH3 is 19. The Morgan fingerprint density at radius 3 is 0.905 bits per heavy atom. The Morgan fingerprint density at radius 2 is 0.629 bits per heavy atom. The first-order valence-electron chi connectivity index (χ1n) is 38.4. The monoisotopic (exact) mass is 1780 g/mol. The molecule has 2 aromatic rings. The number of hydrogen-bond donors (Lipinski definition) is 2. The van der Waals surface area contributed by atoms with E-state index in [9.17, 15) is 8.23 Å². The topological polar surface area (TPSA) is 398 Å². The first-order valence-corrected chi connectivity index (χ1v) is 41.3. The fourth-order valence-corrected chi connectivity index (χ4v) is 19.1. The zero-order chi connectivity index (χ0) is 82.9. The van der Waals surface area contributed by atoms with E-state index in [4.69, 9.17) is 169 Å². The van der Waals surface area contributed by atoms with E-state index in [1.807, 2.05) is 0 Å². The number of aromatic amines is 1. The number of rotatable bonds is 34. The van der Waals surface area contributed by atoms with Crippen molar-refractivity contribution in [2.45, 2.75) is 234 Å². The Morgan fingerprint density at radius 1 is 0.353 bits per heavy atom. The normalized spacial score (nSPS) is 41.5. The van der Waals surface area contributed by atoms with E-state index in [1.165, 1.54) is 135 Å². The minimum atomic E-state index is -3.20. The van der Waals surface area contributed by atoms with Crippen LogP contribution in [0.15, 0.2) is 30.7 Å². The molecule has 666 valence electrons. The summed E-state index contributed by atoms with van der Waals surface area (Å²) in [5.74, 6) is -0.650. The van der Waals surface area contributed by atoms with Gasteiger partial charge in [0.15, 0.2) is 31.5 Å². The van der Waals surface area contributed by atoms with Crippen LogP contribution in [-0.4, -0.2) is 422 Å². The molecule has 0 amide bonds. The summed E-state index contributed by atoms with van der Waals surface area (Å²) < 4.78 is 248. The number of imidazole rings is 1. The molecule has 40 nitrogen and oxygen atoms in total. The number of benzene rings is 1. The molecule has 0 aliphatic carbocycles. The number of carbonyl (C=O) groups excluding carboxylic acids is 1. The van der Waals surface area contributed by atoms with Gasteiger partial charge in [-0.25, -0.2) is 4.98 Å². The summed E-state index contributed by atoms with van der Waals surface area (Å²) in [5, 5.41) is 0. The molecule has 35 unspecified atom stereocenters. The van der Waals surface area contributed by atoms with E-state index in [-0.39, 0.29) is 65.0 Å². The zero-order valence-corrected chi connectivity index (χ0v) is 71.4. The van der Waals surface area contributed by atoms with Gasteiger partial charge < -0.3 is 133 Å². The van der Waals surface area contributed by atoms with E-state index >= 15 is 0 Å². The van der Waals surface area contributed by atoms with Crippen LogP contribution in [-0.2, 0) is 182 Å². The van der Waals surface area contributed by atoms with Gasteiger partial charge in [0, 0.05) is 139 Å².